The fourth-order valence-corrected chi connectivity index (χ4v) is 4.17. The van der Waals surface area contributed by atoms with Crippen molar-refractivity contribution in [2.75, 3.05) is 5.32 Å². The number of aromatic nitrogens is 1. The molecule has 1 aromatic heterocycles. The maximum Gasteiger partial charge on any atom is 0.274 e. The minimum atomic E-state index is -0.241. The zero-order valence-corrected chi connectivity index (χ0v) is 20.9. The number of rotatable bonds is 8. The molecule has 2 N–H and O–H groups in total. The number of pyridine rings is 1. The van der Waals surface area contributed by atoms with Crippen LogP contribution in [0.15, 0.2) is 65.9 Å². The average Bonchev–Trinajstić information content (AvgIpc) is 3.63. The van der Waals surface area contributed by atoms with Gasteiger partial charge in [0.1, 0.15) is 5.71 Å². The van der Waals surface area contributed by atoms with Gasteiger partial charge in [-0.15, -0.1) is 0 Å². The fourth-order valence-electron chi connectivity index (χ4n) is 4.17. The summed E-state index contributed by atoms with van der Waals surface area (Å²) in [5.74, 6) is -0.241. The normalized spacial score (nSPS) is 19.9. The third-order valence-corrected chi connectivity index (χ3v) is 6.08. The first-order valence-electron chi connectivity index (χ1n) is 12.4. The molecule has 1 aliphatic heterocycles. The molecular formula is C29H35N5O. The molecule has 2 aliphatic rings. The molecular weight excluding hydrogens is 434 g/mol. The molecule has 2 aromatic rings. The van der Waals surface area contributed by atoms with Crippen molar-refractivity contribution in [3.63, 3.8) is 0 Å². The lowest BCUT2D eigenvalue weighted by atomic mass is 9.90. The van der Waals surface area contributed by atoms with Gasteiger partial charge in [-0.05, 0) is 78.5 Å². The molecule has 0 atom stereocenters. The van der Waals surface area contributed by atoms with Gasteiger partial charge in [0, 0.05) is 36.4 Å². The first-order valence-corrected chi connectivity index (χ1v) is 12.4. The van der Waals surface area contributed by atoms with Crippen LogP contribution in [0.1, 0.15) is 63.3 Å². The van der Waals surface area contributed by atoms with Crippen molar-refractivity contribution < 1.29 is 4.79 Å². The highest BCUT2D eigenvalue weighted by molar-refractivity contribution is 6.48. The van der Waals surface area contributed by atoms with Crippen LogP contribution in [0.4, 0.5) is 5.69 Å². The molecule has 0 saturated heterocycles. The van der Waals surface area contributed by atoms with Crippen molar-refractivity contribution in [2.45, 2.75) is 65.5 Å². The van der Waals surface area contributed by atoms with Crippen LogP contribution in [0.5, 0.6) is 0 Å². The summed E-state index contributed by atoms with van der Waals surface area (Å²) in [6.07, 6.45) is 13.8. The SMILES string of the molecule is CC(C)(C)Cc1ccc(/C2=C/C(C(=O)Nc3cccc(CN(C=N)C4CC4)c3)=N\C=C/CC2)cn1. The van der Waals surface area contributed by atoms with E-state index >= 15 is 0 Å². The number of allylic oxidation sites excluding steroid dienone is 2. The summed E-state index contributed by atoms with van der Waals surface area (Å²) in [6, 6.07) is 12.5. The minimum Gasteiger partial charge on any atom is -0.356 e. The maximum atomic E-state index is 13.1. The minimum absolute atomic E-state index is 0.184. The Morgan fingerprint density at radius 3 is 2.74 bits per heavy atom. The molecule has 1 fully saturated rings. The molecule has 0 unspecified atom stereocenters. The topological polar surface area (TPSA) is 81.4 Å². The Bertz CT molecular complexity index is 1150. The van der Waals surface area contributed by atoms with Gasteiger partial charge in [0.2, 0.25) is 0 Å². The molecule has 6 nitrogen and oxygen atoms in total. The van der Waals surface area contributed by atoms with Gasteiger partial charge in [0.15, 0.2) is 0 Å². The van der Waals surface area contributed by atoms with Crippen molar-refractivity contribution in [1.82, 2.24) is 9.88 Å². The number of carbonyl (C=O) groups excluding carboxylic acids is 1. The van der Waals surface area contributed by atoms with E-state index in [1.54, 1.807) is 6.20 Å². The Morgan fingerprint density at radius 1 is 1.23 bits per heavy atom. The Kier molecular flexibility index (Phi) is 7.59. The van der Waals surface area contributed by atoms with Gasteiger partial charge in [-0.3, -0.25) is 20.2 Å². The van der Waals surface area contributed by atoms with Gasteiger partial charge in [-0.1, -0.05) is 45.0 Å². The molecule has 0 bridgehead atoms. The Hall–Kier alpha value is -3.54. The van der Waals surface area contributed by atoms with Crippen molar-refractivity contribution >= 4 is 29.2 Å². The number of amides is 1. The summed E-state index contributed by atoms with van der Waals surface area (Å²) in [7, 11) is 0. The second-order valence-electron chi connectivity index (χ2n) is 10.6. The zero-order valence-electron chi connectivity index (χ0n) is 20.9. The Balaban J connectivity index is 1.48. The van der Waals surface area contributed by atoms with Crippen LogP contribution in [-0.2, 0) is 17.8 Å². The number of hydrogen-bond donors (Lipinski definition) is 2. The van der Waals surface area contributed by atoms with Crippen LogP contribution in [0.2, 0.25) is 0 Å². The molecule has 1 aromatic carbocycles. The van der Waals surface area contributed by atoms with Crippen LogP contribution in [0.3, 0.4) is 0 Å². The predicted octanol–water partition coefficient (Wildman–Crippen LogP) is 6.01. The molecule has 1 amide bonds. The molecule has 4 rings (SSSR count). The molecule has 2 heterocycles. The van der Waals surface area contributed by atoms with Crippen LogP contribution in [-0.4, -0.2) is 33.9 Å². The van der Waals surface area contributed by atoms with E-state index in [4.69, 9.17) is 5.41 Å². The molecule has 0 spiro atoms. The summed E-state index contributed by atoms with van der Waals surface area (Å²) >= 11 is 0. The third kappa shape index (κ3) is 7.22. The number of anilines is 1. The second-order valence-corrected chi connectivity index (χ2v) is 10.6. The maximum absolute atomic E-state index is 13.1. The first-order chi connectivity index (χ1) is 16.8. The fraction of sp³-hybridized carbons (Fsp3) is 0.379. The summed E-state index contributed by atoms with van der Waals surface area (Å²) < 4.78 is 0. The highest BCUT2D eigenvalue weighted by atomic mass is 16.1. The van der Waals surface area contributed by atoms with Gasteiger partial charge in [0.25, 0.3) is 5.91 Å². The van der Waals surface area contributed by atoms with Crippen LogP contribution < -0.4 is 5.32 Å². The van der Waals surface area contributed by atoms with E-state index in [-0.39, 0.29) is 11.3 Å². The summed E-state index contributed by atoms with van der Waals surface area (Å²) in [4.78, 5) is 24.3. The monoisotopic (exact) mass is 469 g/mol. The first kappa shape index (κ1) is 24.6. The average molecular weight is 470 g/mol. The number of nitrogens with zero attached hydrogens (tertiary/aromatic N) is 3. The Morgan fingerprint density at radius 2 is 2.06 bits per heavy atom. The van der Waals surface area contributed by atoms with E-state index in [0.717, 1.165) is 60.2 Å². The quantitative estimate of drug-likeness (QED) is 0.367. The van der Waals surface area contributed by atoms with E-state index < -0.39 is 0 Å². The van der Waals surface area contributed by atoms with E-state index in [9.17, 15) is 4.79 Å². The molecule has 1 saturated carbocycles. The van der Waals surface area contributed by atoms with Gasteiger partial charge in [0.05, 0.1) is 6.34 Å². The van der Waals surface area contributed by atoms with Gasteiger partial charge in [-0.25, -0.2) is 0 Å². The lowest BCUT2D eigenvalue weighted by Crippen LogP contribution is -2.24. The highest BCUT2D eigenvalue weighted by Gasteiger charge is 2.27. The second kappa shape index (κ2) is 10.8. The molecule has 6 heteroatoms. The van der Waals surface area contributed by atoms with Crippen LogP contribution in [0.25, 0.3) is 5.57 Å². The van der Waals surface area contributed by atoms with E-state index in [2.05, 4.69) is 48.2 Å². The van der Waals surface area contributed by atoms with Crippen molar-refractivity contribution in [3.05, 3.63) is 77.8 Å². The molecule has 182 valence electrons. The van der Waals surface area contributed by atoms with Gasteiger partial charge >= 0.3 is 0 Å². The third-order valence-electron chi connectivity index (χ3n) is 6.08. The summed E-state index contributed by atoms with van der Waals surface area (Å²) in [5.41, 5.74) is 5.50. The summed E-state index contributed by atoms with van der Waals surface area (Å²) in [6.45, 7) is 7.30. The summed E-state index contributed by atoms with van der Waals surface area (Å²) in [5, 5.41) is 10.7. The van der Waals surface area contributed by atoms with Gasteiger partial charge in [-0.2, -0.15) is 0 Å². The van der Waals surface area contributed by atoms with Crippen molar-refractivity contribution in [3.8, 4) is 0 Å². The number of hydrogen-bond acceptors (Lipinski definition) is 4. The van der Waals surface area contributed by atoms with Gasteiger partial charge < -0.3 is 10.2 Å². The van der Waals surface area contributed by atoms with Crippen molar-refractivity contribution in [2.24, 2.45) is 10.4 Å². The zero-order chi connectivity index (χ0) is 24.8. The van der Waals surface area contributed by atoms with E-state index in [1.165, 1.54) is 6.34 Å². The van der Waals surface area contributed by atoms with Crippen LogP contribution in [0, 0.1) is 10.8 Å². The smallest absolute Gasteiger partial charge is 0.274 e. The molecule has 0 radical (unpaired) electrons. The lowest BCUT2D eigenvalue weighted by molar-refractivity contribution is -0.110. The standard InChI is InChI=1S/C29H35N5O/c1-29(2,3)17-25-11-10-23(18-32-25)22-8-4-5-14-31-27(16-22)28(35)33-24-9-6-7-21(15-24)19-34(20-30)26-12-13-26/h5-7,9-11,14-16,18,20,26,30H,4,8,12-13,17,19H2,1-3H3,(H,33,35)/b14-5-,22-16+,30-20?,31-27+. The molecule has 35 heavy (non-hydrogen) atoms. The number of carbonyl (C=O) groups is 1. The number of nitrogens with one attached hydrogen (secondary N) is 2. The van der Waals surface area contributed by atoms with Crippen molar-refractivity contribution in [1.29, 1.82) is 5.41 Å². The number of aliphatic imine (C=N–C) groups is 1. The predicted molar refractivity (Wildman–Crippen MR) is 144 cm³/mol. The largest absolute Gasteiger partial charge is 0.356 e. The lowest BCUT2D eigenvalue weighted by Gasteiger charge is -2.18. The molecule has 1 aliphatic carbocycles. The van der Waals surface area contributed by atoms with E-state index in [1.807, 2.05) is 47.5 Å². The van der Waals surface area contributed by atoms with Crippen LogP contribution >= 0.6 is 0 Å². The van der Waals surface area contributed by atoms with E-state index in [0.29, 0.717) is 18.3 Å². The highest BCUT2D eigenvalue weighted by Crippen LogP contribution is 2.28. The number of benzene rings is 1. The Labute approximate surface area is 208 Å².